The summed E-state index contributed by atoms with van der Waals surface area (Å²) in [6.45, 7) is 1.67. The minimum Gasteiger partial charge on any atom is -0.342 e. The van der Waals surface area contributed by atoms with Crippen molar-refractivity contribution in [3.05, 3.63) is 44.3 Å². The van der Waals surface area contributed by atoms with E-state index in [9.17, 15) is 4.79 Å². The number of nitrogens with zero attached hydrogens (tertiary/aromatic N) is 4. The van der Waals surface area contributed by atoms with Gasteiger partial charge >= 0.3 is 0 Å². The third-order valence-electron chi connectivity index (χ3n) is 3.35. The molecule has 1 aliphatic rings. The second-order valence-electron chi connectivity index (χ2n) is 4.82. The Labute approximate surface area is 127 Å². The number of likely N-dealkylation sites (tertiary alicyclic amines) is 1. The number of halogens is 2. The third kappa shape index (κ3) is 3.79. The summed E-state index contributed by atoms with van der Waals surface area (Å²) in [4.78, 5) is 16.4. The van der Waals surface area contributed by atoms with Gasteiger partial charge in [0.05, 0.1) is 10.0 Å². The van der Waals surface area contributed by atoms with Crippen LogP contribution in [-0.4, -0.2) is 30.4 Å². The van der Waals surface area contributed by atoms with Crippen molar-refractivity contribution in [3.63, 3.8) is 0 Å². The normalized spacial score (nSPS) is 18.2. The van der Waals surface area contributed by atoms with Gasteiger partial charge in [-0.2, -0.15) is 0 Å². The van der Waals surface area contributed by atoms with Gasteiger partial charge in [-0.25, -0.2) is 0 Å². The summed E-state index contributed by atoms with van der Waals surface area (Å²) >= 11 is 11.8. The molecule has 1 amide bonds. The van der Waals surface area contributed by atoms with Crippen molar-refractivity contribution in [2.75, 3.05) is 19.6 Å². The molecular formula is C13H14Cl2N4O. The lowest BCUT2D eigenvalue weighted by Gasteiger charge is -2.16. The molecule has 1 atom stereocenters. The Morgan fingerprint density at radius 1 is 1.40 bits per heavy atom. The average Bonchev–Trinajstić information content (AvgIpc) is 2.78. The van der Waals surface area contributed by atoms with Crippen molar-refractivity contribution in [3.8, 4) is 0 Å². The summed E-state index contributed by atoms with van der Waals surface area (Å²) in [5, 5.41) is 4.59. The molecule has 7 heteroatoms. The molecule has 1 heterocycles. The van der Waals surface area contributed by atoms with Crippen LogP contribution in [0.25, 0.3) is 10.4 Å². The molecule has 1 unspecified atom stereocenters. The van der Waals surface area contributed by atoms with Crippen LogP contribution in [0.5, 0.6) is 0 Å². The molecule has 1 aromatic carbocycles. The standard InChI is InChI=1S/C13H14Cl2N4O/c14-11-2-1-9(5-12(11)15)3-4-19-8-10(6-13(19)20)7-17-18-16/h1-2,5,10H,3-4,6-8H2. The Hall–Kier alpha value is -1.42. The number of hydrogen-bond acceptors (Lipinski definition) is 2. The first kappa shape index (κ1) is 15.0. The smallest absolute Gasteiger partial charge is 0.222 e. The lowest BCUT2D eigenvalue weighted by molar-refractivity contribution is -0.127. The zero-order valence-corrected chi connectivity index (χ0v) is 12.3. The molecule has 1 saturated heterocycles. The van der Waals surface area contributed by atoms with Crippen LogP contribution in [0.3, 0.4) is 0 Å². The lowest BCUT2D eigenvalue weighted by Crippen LogP contribution is -2.27. The molecule has 5 nitrogen and oxygen atoms in total. The highest BCUT2D eigenvalue weighted by Crippen LogP contribution is 2.23. The topological polar surface area (TPSA) is 69.1 Å². The van der Waals surface area contributed by atoms with E-state index in [-0.39, 0.29) is 11.8 Å². The molecular weight excluding hydrogens is 299 g/mol. The maximum Gasteiger partial charge on any atom is 0.222 e. The number of amides is 1. The van der Waals surface area contributed by atoms with E-state index in [0.29, 0.717) is 36.1 Å². The van der Waals surface area contributed by atoms with Crippen LogP contribution in [0.4, 0.5) is 0 Å². The van der Waals surface area contributed by atoms with Gasteiger partial charge in [0.1, 0.15) is 0 Å². The number of rotatable bonds is 5. The largest absolute Gasteiger partial charge is 0.342 e. The monoisotopic (exact) mass is 312 g/mol. The van der Waals surface area contributed by atoms with E-state index in [0.717, 1.165) is 12.0 Å². The Bertz CT molecular complexity index is 557. The van der Waals surface area contributed by atoms with Crippen molar-refractivity contribution in [2.45, 2.75) is 12.8 Å². The highest BCUT2D eigenvalue weighted by atomic mass is 35.5. The summed E-state index contributed by atoms with van der Waals surface area (Å²) in [6, 6.07) is 5.49. The molecule has 20 heavy (non-hydrogen) atoms. The highest BCUT2D eigenvalue weighted by Gasteiger charge is 2.28. The van der Waals surface area contributed by atoms with Gasteiger partial charge in [0.25, 0.3) is 0 Å². The predicted molar refractivity (Wildman–Crippen MR) is 78.9 cm³/mol. The van der Waals surface area contributed by atoms with Crippen LogP contribution in [0.1, 0.15) is 12.0 Å². The maximum absolute atomic E-state index is 11.8. The molecule has 1 aliphatic heterocycles. The molecule has 0 bridgehead atoms. The van der Waals surface area contributed by atoms with Crippen molar-refractivity contribution >= 4 is 29.1 Å². The molecule has 0 radical (unpaired) electrons. The Morgan fingerprint density at radius 2 is 2.20 bits per heavy atom. The first-order chi connectivity index (χ1) is 9.60. The van der Waals surface area contributed by atoms with Crippen molar-refractivity contribution in [2.24, 2.45) is 11.0 Å². The summed E-state index contributed by atoms with van der Waals surface area (Å²) in [7, 11) is 0. The summed E-state index contributed by atoms with van der Waals surface area (Å²) in [5.74, 6) is 0.246. The molecule has 1 fully saturated rings. The first-order valence-electron chi connectivity index (χ1n) is 6.32. The van der Waals surface area contributed by atoms with E-state index in [1.807, 2.05) is 12.1 Å². The van der Waals surface area contributed by atoms with Crippen molar-refractivity contribution < 1.29 is 4.79 Å². The van der Waals surface area contributed by atoms with E-state index in [4.69, 9.17) is 28.7 Å². The highest BCUT2D eigenvalue weighted by molar-refractivity contribution is 6.42. The van der Waals surface area contributed by atoms with E-state index in [1.165, 1.54) is 0 Å². The number of benzene rings is 1. The van der Waals surface area contributed by atoms with Crippen LogP contribution >= 0.6 is 23.2 Å². The molecule has 2 rings (SSSR count). The molecule has 0 aromatic heterocycles. The number of carbonyl (C=O) groups is 1. The minimum atomic E-state index is 0.114. The molecule has 1 aromatic rings. The number of hydrogen-bond donors (Lipinski definition) is 0. The van der Waals surface area contributed by atoms with Crippen LogP contribution in [-0.2, 0) is 11.2 Å². The maximum atomic E-state index is 11.8. The summed E-state index contributed by atoms with van der Waals surface area (Å²) < 4.78 is 0. The zero-order valence-electron chi connectivity index (χ0n) is 10.8. The van der Waals surface area contributed by atoms with Gasteiger partial charge in [-0.05, 0) is 35.6 Å². The molecule has 0 N–H and O–H groups in total. The first-order valence-corrected chi connectivity index (χ1v) is 7.08. The Kier molecular flexibility index (Phi) is 5.12. The van der Waals surface area contributed by atoms with Gasteiger partial charge in [0.15, 0.2) is 0 Å². The van der Waals surface area contributed by atoms with Crippen molar-refractivity contribution in [1.29, 1.82) is 0 Å². The van der Waals surface area contributed by atoms with Crippen LogP contribution in [0, 0.1) is 5.92 Å². The van der Waals surface area contributed by atoms with Gasteiger partial charge < -0.3 is 4.90 Å². The molecule has 0 spiro atoms. The molecule has 0 aliphatic carbocycles. The molecule has 106 valence electrons. The van der Waals surface area contributed by atoms with Gasteiger partial charge in [0, 0.05) is 31.0 Å². The van der Waals surface area contributed by atoms with Crippen LogP contribution in [0.2, 0.25) is 10.0 Å². The fraction of sp³-hybridized carbons (Fsp3) is 0.462. The second kappa shape index (κ2) is 6.84. The van der Waals surface area contributed by atoms with E-state index < -0.39 is 0 Å². The van der Waals surface area contributed by atoms with Crippen molar-refractivity contribution in [1.82, 2.24) is 4.90 Å². The number of azide groups is 1. The van der Waals surface area contributed by atoms with Gasteiger partial charge in [0.2, 0.25) is 5.91 Å². The Balaban J connectivity index is 1.89. The second-order valence-corrected chi connectivity index (χ2v) is 5.64. The number of carbonyl (C=O) groups excluding carboxylic acids is 1. The van der Waals surface area contributed by atoms with Gasteiger partial charge in [-0.15, -0.1) is 0 Å². The van der Waals surface area contributed by atoms with Crippen LogP contribution in [0.15, 0.2) is 23.3 Å². The lowest BCUT2D eigenvalue weighted by atomic mass is 10.1. The summed E-state index contributed by atoms with van der Waals surface area (Å²) in [5.41, 5.74) is 9.34. The van der Waals surface area contributed by atoms with Crippen LogP contribution < -0.4 is 0 Å². The quantitative estimate of drug-likeness (QED) is 0.464. The minimum absolute atomic E-state index is 0.114. The van der Waals surface area contributed by atoms with Gasteiger partial charge in [-0.1, -0.05) is 34.4 Å². The van der Waals surface area contributed by atoms with Gasteiger partial charge in [-0.3, -0.25) is 4.79 Å². The summed E-state index contributed by atoms with van der Waals surface area (Å²) in [6.07, 6.45) is 1.19. The van der Waals surface area contributed by atoms with E-state index >= 15 is 0 Å². The van der Waals surface area contributed by atoms with E-state index in [1.54, 1.807) is 11.0 Å². The third-order valence-corrected chi connectivity index (χ3v) is 4.09. The average molecular weight is 313 g/mol. The zero-order chi connectivity index (χ0) is 14.5. The Morgan fingerprint density at radius 3 is 2.90 bits per heavy atom. The fourth-order valence-corrected chi connectivity index (χ4v) is 2.62. The SMILES string of the molecule is [N-]=[N+]=NCC1CC(=O)N(CCc2ccc(Cl)c(Cl)c2)C1. The molecule has 0 saturated carbocycles. The fourth-order valence-electron chi connectivity index (χ4n) is 2.30. The van der Waals surface area contributed by atoms with E-state index in [2.05, 4.69) is 10.0 Å². The predicted octanol–water partition coefficient (Wildman–Crippen LogP) is 3.69.